The van der Waals surface area contributed by atoms with Crippen molar-refractivity contribution in [3.63, 3.8) is 0 Å². The number of ether oxygens (including phenoxy) is 2. The molecule has 1 aliphatic heterocycles. The summed E-state index contributed by atoms with van der Waals surface area (Å²) >= 11 is 6.33. The number of nitrogens with zero attached hydrogens (tertiary/aromatic N) is 1. The highest BCUT2D eigenvalue weighted by atomic mass is 35.5. The molecular weight excluding hydrogens is 352 g/mol. The van der Waals surface area contributed by atoms with Crippen LogP contribution in [0.3, 0.4) is 0 Å². The second-order valence-electron chi connectivity index (χ2n) is 7.03. The van der Waals surface area contributed by atoms with E-state index in [-0.39, 0.29) is 12.0 Å². The molecule has 0 bridgehead atoms. The number of benzene rings is 1. The van der Waals surface area contributed by atoms with Crippen molar-refractivity contribution in [3.8, 4) is 5.75 Å². The Balaban J connectivity index is 1.84. The summed E-state index contributed by atoms with van der Waals surface area (Å²) in [6, 6.07) is 5.21. The van der Waals surface area contributed by atoms with Gasteiger partial charge in [-0.3, -0.25) is 4.79 Å². The third-order valence-electron chi connectivity index (χ3n) is 4.88. The minimum absolute atomic E-state index is 0.158. The number of rotatable bonds is 9. The minimum Gasteiger partial charge on any atom is -0.489 e. The lowest BCUT2D eigenvalue weighted by Gasteiger charge is -2.33. The Bertz CT molecular complexity index is 574. The highest BCUT2D eigenvalue weighted by Gasteiger charge is 2.22. The minimum atomic E-state index is -0.158. The van der Waals surface area contributed by atoms with E-state index in [1.54, 1.807) is 25.3 Å². The largest absolute Gasteiger partial charge is 0.489 e. The van der Waals surface area contributed by atoms with Crippen molar-refractivity contribution >= 4 is 17.5 Å². The summed E-state index contributed by atoms with van der Waals surface area (Å²) < 4.78 is 11.0. The van der Waals surface area contributed by atoms with Crippen LogP contribution in [-0.4, -0.2) is 56.8 Å². The van der Waals surface area contributed by atoms with Crippen molar-refractivity contribution in [2.45, 2.75) is 39.2 Å². The van der Waals surface area contributed by atoms with Crippen LogP contribution in [0, 0.1) is 5.92 Å². The molecule has 146 valence electrons. The molecule has 1 aromatic carbocycles. The van der Waals surface area contributed by atoms with E-state index in [1.807, 2.05) is 0 Å². The van der Waals surface area contributed by atoms with Crippen LogP contribution in [0.25, 0.3) is 0 Å². The van der Waals surface area contributed by atoms with Gasteiger partial charge in [-0.05, 0) is 37.0 Å². The molecule has 1 aliphatic rings. The number of carbonyl (C=O) groups is 1. The first-order chi connectivity index (χ1) is 12.5. The number of halogens is 1. The van der Waals surface area contributed by atoms with Crippen LogP contribution in [-0.2, 0) is 4.74 Å². The molecule has 6 heteroatoms. The Morgan fingerprint density at radius 1 is 1.38 bits per heavy atom. The first kappa shape index (κ1) is 21.0. The summed E-state index contributed by atoms with van der Waals surface area (Å²) in [5.41, 5.74) is 0.529. The van der Waals surface area contributed by atoms with Gasteiger partial charge >= 0.3 is 0 Å². The van der Waals surface area contributed by atoms with Gasteiger partial charge < -0.3 is 19.7 Å². The van der Waals surface area contributed by atoms with Crippen molar-refractivity contribution in [1.82, 2.24) is 10.2 Å². The number of methoxy groups -OCH3 is 1. The van der Waals surface area contributed by atoms with Gasteiger partial charge in [-0.1, -0.05) is 31.9 Å². The molecular formula is C20H31ClN2O3. The van der Waals surface area contributed by atoms with E-state index in [9.17, 15) is 4.79 Å². The third-order valence-corrected chi connectivity index (χ3v) is 5.18. The maximum absolute atomic E-state index is 12.1. The van der Waals surface area contributed by atoms with E-state index >= 15 is 0 Å². The molecule has 1 amide bonds. The fourth-order valence-corrected chi connectivity index (χ4v) is 3.29. The summed E-state index contributed by atoms with van der Waals surface area (Å²) in [5, 5.41) is 3.26. The second kappa shape index (κ2) is 10.8. The van der Waals surface area contributed by atoms with Crippen LogP contribution in [0.1, 0.15) is 43.5 Å². The van der Waals surface area contributed by atoms with Gasteiger partial charge in [0.05, 0.1) is 11.6 Å². The predicted molar refractivity (Wildman–Crippen MR) is 105 cm³/mol. The first-order valence-corrected chi connectivity index (χ1v) is 9.87. The molecule has 0 spiro atoms. The van der Waals surface area contributed by atoms with Gasteiger partial charge in [0.25, 0.3) is 5.91 Å². The zero-order valence-corrected chi connectivity index (χ0v) is 16.8. The number of hydrogen-bond acceptors (Lipinski definition) is 4. The normalized spacial score (nSPS) is 17.1. The molecule has 1 saturated heterocycles. The van der Waals surface area contributed by atoms with E-state index in [4.69, 9.17) is 21.1 Å². The van der Waals surface area contributed by atoms with Gasteiger partial charge in [-0.2, -0.15) is 0 Å². The topological polar surface area (TPSA) is 50.8 Å². The van der Waals surface area contributed by atoms with Crippen LogP contribution in [0.15, 0.2) is 18.2 Å². The molecule has 1 fully saturated rings. The van der Waals surface area contributed by atoms with E-state index in [1.165, 1.54) is 6.42 Å². The number of likely N-dealkylation sites (tertiary alicyclic amines) is 1. The molecule has 0 saturated carbocycles. The van der Waals surface area contributed by atoms with Crippen molar-refractivity contribution in [2.24, 2.45) is 5.92 Å². The lowest BCUT2D eigenvalue weighted by atomic mass is 10.0. The highest BCUT2D eigenvalue weighted by molar-refractivity contribution is 6.32. The van der Waals surface area contributed by atoms with Crippen molar-refractivity contribution < 1.29 is 14.3 Å². The van der Waals surface area contributed by atoms with Gasteiger partial charge in [0, 0.05) is 38.9 Å². The Morgan fingerprint density at radius 3 is 2.73 bits per heavy atom. The first-order valence-electron chi connectivity index (χ1n) is 9.49. The van der Waals surface area contributed by atoms with E-state index in [0.717, 1.165) is 38.4 Å². The fraction of sp³-hybridized carbons (Fsp3) is 0.650. The van der Waals surface area contributed by atoms with Crippen LogP contribution >= 0.6 is 11.6 Å². The van der Waals surface area contributed by atoms with Crippen LogP contribution < -0.4 is 10.1 Å². The molecule has 1 N–H and O–H groups in total. The fourth-order valence-electron chi connectivity index (χ4n) is 3.07. The van der Waals surface area contributed by atoms with Crippen LogP contribution in [0.5, 0.6) is 5.75 Å². The molecule has 0 radical (unpaired) electrons. The van der Waals surface area contributed by atoms with Gasteiger partial charge in [0.2, 0.25) is 0 Å². The summed E-state index contributed by atoms with van der Waals surface area (Å²) in [4.78, 5) is 14.6. The number of amides is 1. The zero-order valence-electron chi connectivity index (χ0n) is 16.1. The van der Waals surface area contributed by atoms with Gasteiger partial charge in [-0.15, -0.1) is 0 Å². The summed E-state index contributed by atoms with van der Waals surface area (Å²) in [6.07, 6.45) is 3.41. The molecule has 1 atom stereocenters. The standard InChI is InChI=1S/C20H31ClN2O3/c1-4-15(2)14-23-10-7-17(8-11-23)26-19-6-5-16(13-18(19)21)20(24)22-9-12-25-3/h5-6,13,15,17H,4,7-12,14H2,1-3H3,(H,22,24). The molecule has 0 aliphatic carbocycles. The smallest absolute Gasteiger partial charge is 0.251 e. The molecule has 1 heterocycles. The maximum Gasteiger partial charge on any atom is 0.251 e. The number of nitrogens with one attached hydrogen (secondary N) is 1. The van der Waals surface area contributed by atoms with E-state index in [2.05, 4.69) is 24.1 Å². The number of carbonyl (C=O) groups excluding carboxylic acids is 1. The highest BCUT2D eigenvalue weighted by Crippen LogP contribution is 2.28. The number of hydrogen-bond donors (Lipinski definition) is 1. The van der Waals surface area contributed by atoms with Crippen molar-refractivity contribution in [2.75, 3.05) is 39.9 Å². The quantitative estimate of drug-likeness (QED) is 0.663. The summed E-state index contributed by atoms with van der Waals surface area (Å²) in [7, 11) is 1.60. The lowest BCUT2D eigenvalue weighted by Crippen LogP contribution is -2.40. The van der Waals surface area contributed by atoms with Gasteiger partial charge in [0.15, 0.2) is 0 Å². The Morgan fingerprint density at radius 2 is 2.12 bits per heavy atom. The van der Waals surface area contributed by atoms with Gasteiger partial charge in [-0.25, -0.2) is 0 Å². The summed E-state index contributed by atoms with van der Waals surface area (Å²) in [6.45, 7) is 8.78. The van der Waals surface area contributed by atoms with E-state index in [0.29, 0.717) is 29.5 Å². The van der Waals surface area contributed by atoms with Crippen molar-refractivity contribution in [1.29, 1.82) is 0 Å². The Hall–Kier alpha value is -1.30. The molecule has 0 aromatic heterocycles. The van der Waals surface area contributed by atoms with E-state index < -0.39 is 0 Å². The SMILES string of the molecule is CCC(C)CN1CCC(Oc2ccc(C(=O)NCCOC)cc2Cl)CC1. The summed E-state index contributed by atoms with van der Waals surface area (Å²) in [5.74, 6) is 1.24. The monoisotopic (exact) mass is 382 g/mol. The molecule has 5 nitrogen and oxygen atoms in total. The molecule has 26 heavy (non-hydrogen) atoms. The predicted octanol–water partition coefficient (Wildman–Crippen LogP) is 3.61. The van der Waals surface area contributed by atoms with Crippen LogP contribution in [0.4, 0.5) is 0 Å². The number of piperidine rings is 1. The van der Waals surface area contributed by atoms with Gasteiger partial charge in [0.1, 0.15) is 11.9 Å². The Kier molecular flexibility index (Phi) is 8.69. The average Bonchev–Trinajstić information content (AvgIpc) is 2.64. The zero-order chi connectivity index (χ0) is 18.9. The molecule has 1 aromatic rings. The second-order valence-corrected chi connectivity index (χ2v) is 7.43. The maximum atomic E-state index is 12.1. The average molecular weight is 383 g/mol. The third kappa shape index (κ3) is 6.45. The lowest BCUT2D eigenvalue weighted by molar-refractivity contribution is 0.0920. The molecule has 2 rings (SSSR count). The van der Waals surface area contributed by atoms with Crippen molar-refractivity contribution in [3.05, 3.63) is 28.8 Å². The molecule has 1 unspecified atom stereocenters. The van der Waals surface area contributed by atoms with Crippen LogP contribution in [0.2, 0.25) is 5.02 Å². The Labute approximate surface area is 162 Å².